The molecule has 0 fully saturated rings. The zero-order valence-corrected chi connectivity index (χ0v) is 19.8. The summed E-state index contributed by atoms with van der Waals surface area (Å²) >= 11 is 0. The summed E-state index contributed by atoms with van der Waals surface area (Å²) in [5.41, 5.74) is 2.88. The molecule has 3 aromatic carbocycles. The highest BCUT2D eigenvalue weighted by molar-refractivity contribution is 5.84. The molecular weight excluding hydrogens is 432 g/mol. The number of nitrogens with zero attached hydrogens (tertiary/aromatic N) is 2. The van der Waals surface area contributed by atoms with E-state index in [1.165, 1.54) is 7.11 Å². The van der Waals surface area contributed by atoms with Gasteiger partial charge < -0.3 is 18.9 Å². The smallest absolute Gasteiger partial charge is 0.266 e. The Labute approximate surface area is 197 Å². The summed E-state index contributed by atoms with van der Waals surface area (Å²) in [5, 5.41) is 0.425. The van der Waals surface area contributed by atoms with Crippen molar-refractivity contribution in [1.82, 2.24) is 9.55 Å². The number of ether oxygens (including phenoxy) is 4. The van der Waals surface area contributed by atoms with E-state index < -0.39 is 0 Å². The normalized spacial score (nSPS) is 11.1. The lowest BCUT2D eigenvalue weighted by Crippen LogP contribution is -2.22. The quantitative estimate of drug-likeness (QED) is 0.392. The third-order valence-electron chi connectivity index (χ3n) is 5.54. The van der Waals surface area contributed by atoms with Crippen molar-refractivity contribution in [3.05, 3.63) is 81.9 Å². The highest BCUT2D eigenvalue weighted by Gasteiger charge is 2.15. The number of fused-ring (bicyclic) bond motifs is 1. The van der Waals surface area contributed by atoms with Crippen LogP contribution in [0, 0.1) is 6.92 Å². The van der Waals surface area contributed by atoms with Crippen molar-refractivity contribution in [2.24, 2.45) is 0 Å². The predicted octanol–water partition coefficient (Wildman–Crippen LogP) is 4.90. The topological polar surface area (TPSA) is 71.8 Å². The zero-order valence-electron chi connectivity index (χ0n) is 19.8. The lowest BCUT2D eigenvalue weighted by molar-refractivity contribution is 0.355. The molecule has 0 N–H and O–H groups in total. The molecule has 0 spiro atoms. The van der Waals surface area contributed by atoms with Gasteiger partial charge in [-0.2, -0.15) is 0 Å². The molecule has 0 unspecified atom stereocenters. The van der Waals surface area contributed by atoms with E-state index in [1.807, 2.05) is 55.5 Å². The van der Waals surface area contributed by atoms with Gasteiger partial charge in [0.15, 0.2) is 11.5 Å². The fraction of sp³-hybridized carbons (Fsp3) is 0.185. The summed E-state index contributed by atoms with van der Waals surface area (Å²) in [6.45, 7) is 2.00. The number of aryl methyl sites for hydroxylation is 1. The van der Waals surface area contributed by atoms with Crippen LogP contribution in [0.25, 0.3) is 28.7 Å². The molecule has 4 rings (SSSR count). The maximum atomic E-state index is 13.7. The molecule has 174 valence electrons. The van der Waals surface area contributed by atoms with Gasteiger partial charge in [-0.25, -0.2) is 4.98 Å². The maximum Gasteiger partial charge on any atom is 0.266 e. The van der Waals surface area contributed by atoms with E-state index in [1.54, 1.807) is 44.1 Å². The van der Waals surface area contributed by atoms with Gasteiger partial charge in [-0.3, -0.25) is 9.36 Å². The second-order valence-corrected chi connectivity index (χ2v) is 7.61. The number of hydrogen-bond acceptors (Lipinski definition) is 6. The van der Waals surface area contributed by atoms with E-state index in [9.17, 15) is 4.79 Å². The first-order valence-electron chi connectivity index (χ1n) is 10.6. The Morgan fingerprint density at radius 1 is 0.765 bits per heavy atom. The van der Waals surface area contributed by atoms with Crippen molar-refractivity contribution >= 4 is 23.1 Å². The molecule has 1 heterocycles. The average molecular weight is 459 g/mol. The van der Waals surface area contributed by atoms with Crippen molar-refractivity contribution in [2.75, 3.05) is 28.4 Å². The van der Waals surface area contributed by atoms with Crippen LogP contribution in [-0.4, -0.2) is 38.0 Å². The van der Waals surface area contributed by atoms with Crippen LogP contribution in [0.15, 0.2) is 59.4 Å². The first-order chi connectivity index (χ1) is 16.5. The summed E-state index contributed by atoms with van der Waals surface area (Å²) < 4.78 is 23.2. The lowest BCUT2D eigenvalue weighted by Gasteiger charge is -2.14. The van der Waals surface area contributed by atoms with Gasteiger partial charge in [-0.1, -0.05) is 17.7 Å². The fourth-order valence-electron chi connectivity index (χ4n) is 3.72. The lowest BCUT2D eigenvalue weighted by atomic mass is 10.1. The second kappa shape index (κ2) is 9.70. The van der Waals surface area contributed by atoms with E-state index in [0.717, 1.165) is 11.1 Å². The highest BCUT2D eigenvalue weighted by atomic mass is 16.5. The number of aromatic nitrogens is 2. The van der Waals surface area contributed by atoms with Gasteiger partial charge in [0, 0.05) is 11.6 Å². The van der Waals surface area contributed by atoms with Crippen molar-refractivity contribution in [2.45, 2.75) is 6.92 Å². The van der Waals surface area contributed by atoms with Crippen LogP contribution in [0.1, 0.15) is 17.0 Å². The molecule has 0 bridgehead atoms. The molecule has 34 heavy (non-hydrogen) atoms. The van der Waals surface area contributed by atoms with Crippen molar-refractivity contribution in [3.8, 4) is 28.7 Å². The summed E-state index contributed by atoms with van der Waals surface area (Å²) in [6.07, 6.45) is 3.63. The second-order valence-electron chi connectivity index (χ2n) is 7.61. The molecule has 0 aliphatic carbocycles. The molecule has 1 aromatic heterocycles. The maximum absolute atomic E-state index is 13.7. The summed E-state index contributed by atoms with van der Waals surface area (Å²) in [6, 6.07) is 16.6. The van der Waals surface area contributed by atoms with Gasteiger partial charge in [-0.15, -0.1) is 0 Å². The molecule has 0 saturated carbocycles. The fourth-order valence-corrected chi connectivity index (χ4v) is 3.72. The van der Waals surface area contributed by atoms with Crippen molar-refractivity contribution in [1.29, 1.82) is 0 Å². The molecule has 0 radical (unpaired) electrons. The van der Waals surface area contributed by atoms with Crippen molar-refractivity contribution in [3.63, 3.8) is 0 Å². The van der Waals surface area contributed by atoms with E-state index in [0.29, 0.717) is 45.4 Å². The highest BCUT2D eigenvalue weighted by Crippen LogP contribution is 2.31. The van der Waals surface area contributed by atoms with Gasteiger partial charge in [0.05, 0.1) is 45.0 Å². The monoisotopic (exact) mass is 458 g/mol. The minimum Gasteiger partial charge on any atom is -0.497 e. The van der Waals surface area contributed by atoms with Crippen LogP contribution in [0.2, 0.25) is 0 Å². The number of rotatable bonds is 7. The van der Waals surface area contributed by atoms with Crippen LogP contribution in [0.4, 0.5) is 0 Å². The van der Waals surface area contributed by atoms with E-state index >= 15 is 0 Å². The first kappa shape index (κ1) is 22.9. The summed E-state index contributed by atoms with van der Waals surface area (Å²) in [4.78, 5) is 18.5. The Bertz CT molecular complexity index is 1420. The van der Waals surface area contributed by atoms with Crippen LogP contribution in [0.3, 0.4) is 0 Å². The molecule has 7 heteroatoms. The first-order valence-corrected chi connectivity index (χ1v) is 10.6. The molecule has 0 atom stereocenters. The summed E-state index contributed by atoms with van der Waals surface area (Å²) in [7, 11) is 6.30. The SMILES string of the molecule is COc1ccc(OC)c(C=Cc2nc3cc(OC)c(OC)cc3c(=O)n2-c2ccc(C)cc2)c1. The molecule has 7 nitrogen and oxygen atoms in total. The minimum absolute atomic E-state index is 0.216. The Balaban J connectivity index is 1.97. The van der Waals surface area contributed by atoms with Crippen LogP contribution < -0.4 is 24.5 Å². The Hall–Kier alpha value is -4.26. The Morgan fingerprint density at radius 2 is 1.44 bits per heavy atom. The standard InChI is InChI=1S/C27H26N2O5/c1-17-6-9-19(10-7-17)29-26(13-8-18-14-20(31-2)11-12-23(18)32-3)28-22-16-25(34-5)24(33-4)15-21(22)27(29)30/h6-16H,1-5H3. The zero-order chi connectivity index (χ0) is 24.2. The van der Waals surface area contributed by atoms with Gasteiger partial charge in [-0.05, 0) is 55.5 Å². The molecule has 4 aromatic rings. The van der Waals surface area contributed by atoms with Gasteiger partial charge in [0.2, 0.25) is 0 Å². The van der Waals surface area contributed by atoms with E-state index in [-0.39, 0.29) is 5.56 Å². The third-order valence-corrected chi connectivity index (χ3v) is 5.54. The van der Waals surface area contributed by atoms with E-state index in [2.05, 4.69) is 0 Å². The minimum atomic E-state index is -0.216. The van der Waals surface area contributed by atoms with Gasteiger partial charge in [0.1, 0.15) is 17.3 Å². The molecular formula is C27H26N2O5. The van der Waals surface area contributed by atoms with Gasteiger partial charge >= 0.3 is 0 Å². The number of hydrogen-bond donors (Lipinski definition) is 0. The molecule has 0 aliphatic heterocycles. The third kappa shape index (κ3) is 4.32. The molecule has 0 saturated heterocycles. The number of benzene rings is 3. The number of methoxy groups -OCH3 is 4. The van der Waals surface area contributed by atoms with Gasteiger partial charge in [0.25, 0.3) is 5.56 Å². The molecule has 0 amide bonds. The molecule has 0 aliphatic rings. The summed E-state index contributed by atoms with van der Waals surface area (Å²) in [5.74, 6) is 2.79. The van der Waals surface area contributed by atoms with E-state index in [4.69, 9.17) is 23.9 Å². The largest absolute Gasteiger partial charge is 0.497 e. The Morgan fingerprint density at radius 3 is 2.09 bits per heavy atom. The van der Waals surface area contributed by atoms with Crippen molar-refractivity contribution < 1.29 is 18.9 Å². The van der Waals surface area contributed by atoms with Crippen LogP contribution >= 0.6 is 0 Å². The predicted molar refractivity (Wildman–Crippen MR) is 134 cm³/mol. The van der Waals surface area contributed by atoms with Crippen LogP contribution in [0.5, 0.6) is 23.0 Å². The Kier molecular flexibility index (Phi) is 6.54. The van der Waals surface area contributed by atoms with Crippen LogP contribution in [-0.2, 0) is 0 Å². The average Bonchev–Trinajstić information content (AvgIpc) is 2.87.